The Morgan fingerprint density at radius 2 is 1.62 bits per heavy atom. The van der Waals surface area contributed by atoms with E-state index in [4.69, 9.17) is 4.42 Å². The Morgan fingerprint density at radius 1 is 0.912 bits per heavy atom. The predicted octanol–water partition coefficient (Wildman–Crippen LogP) is 3.57. The summed E-state index contributed by atoms with van der Waals surface area (Å²) in [5.41, 5.74) is 2.53. The normalized spacial score (nSPS) is 10.9. The first-order chi connectivity index (χ1) is 16.5. The summed E-state index contributed by atoms with van der Waals surface area (Å²) in [5, 5.41) is 14.1. The second-order valence-electron chi connectivity index (χ2n) is 7.55. The number of benzene rings is 1. The molecule has 4 heterocycles. The number of oxazole rings is 1. The van der Waals surface area contributed by atoms with Gasteiger partial charge in [-0.05, 0) is 12.5 Å². The van der Waals surface area contributed by atoms with Crippen LogP contribution in [0.25, 0.3) is 22.7 Å². The first-order valence-electron chi connectivity index (χ1n) is 10.4. The van der Waals surface area contributed by atoms with Gasteiger partial charge in [-0.15, -0.1) is 0 Å². The van der Waals surface area contributed by atoms with Gasteiger partial charge in [-0.1, -0.05) is 30.3 Å². The van der Waals surface area contributed by atoms with Crippen LogP contribution in [0.2, 0.25) is 0 Å². The van der Waals surface area contributed by atoms with Gasteiger partial charge in [-0.2, -0.15) is 10.2 Å². The van der Waals surface area contributed by atoms with Crippen molar-refractivity contribution in [2.45, 2.75) is 6.92 Å². The molecule has 0 bridgehead atoms. The SMILES string of the molecule is Cc1cnc(Nc2ccnn2C)nc1-c1nc(C(=O)Nc2ccnn2C)oc1-c1ccccc1. The van der Waals surface area contributed by atoms with Crippen LogP contribution in [0.15, 0.2) is 65.5 Å². The molecule has 11 heteroatoms. The van der Waals surface area contributed by atoms with Gasteiger partial charge in [0.05, 0.1) is 12.4 Å². The maximum Gasteiger partial charge on any atom is 0.312 e. The molecule has 0 aliphatic carbocycles. The summed E-state index contributed by atoms with van der Waals surface area (Å²) in [5.74, 6) is 1.47. The summed E-state index contributed by atoms with van der Waals surface area (Å²) in [7, 11) is 3.54. The van der Waals surface area contributed by atoms with E-state index in [1.807, 2.05) is 50.4 Å². The molecule has 0 aliphatic heterocycles. The number of hydrogen-bond donors (Lipinski definition) is 2. The minimum Gasteiger partial charge on any atom is -0.432 e. The molecule has 0 fully saturated rings. The average Bonchev–Trinajstić information content (AvgIpc) is 3.57. The Hall–Kier alpha value is -4.80. The second-order valence-corrected chi connectivity index (χ2v) is 7.55. The van der Waals surface area contributed by atoms with Crippen molar-refractivity contribution in [3.63, 3.8) is 0 Å². The Kier molecular flexibility index (Phi) is 5.34. The molecule has 0 saturated heterocycles. The third-order valence-corrected chi connectivity index (χ3v) is 5.18. The molecule has 11 nitrogen and oxygen atoms in total. The van der Waals surface area contributed by atoms with Crippen molar-refractivity contribution in [1.29, 1.82) is 0 Å². The Labute approximate surface area is 194 Å². The topological polar surface area (TPSA) is 129 Å². The van der Waals surface area contributed by atoms with E-state index in [1.54, 1.807) is 41.1 Å². The molecule has 170 valence electrons. The minimum absolute atomic E-state index is 0.0887. The molecule has 0 aliphatic rings. The molecule has 0 spiro atoms. The van der Waals surface area contributed by atoms with E-state index in [0.29, 0.717) is 28.9 Å². The van der Waals surface area contributed by atoms with Crippen molar-refractivity contribution in [2.24, 2.45) is 14.1 Å². The molecule has 1 aromatic carbocycles. The van der Waals surface area contributed by atoms with Crippen LogP contribution in [0.5, 0.6) is 0 Å². The first-order valence-corrected chi connectivity index (χ1v) is 10.4. The van der Waals surface area contributed by atoms with Gasteiger partial charge in [0.1, 0.15) is 23.0 Å². The third kappa shape index (κ3) is 4.01. The van der Waals surface area contributed by atoms with Gasteiger partial charge in [0, 0.05) is 38.0 Å². The van der Waals surface area contributed by atoms with Gasteiger partial charge in [-0.25, -0.2) is 15.0 Å². The van der Waals surface area contributed by atoms with Crippen LogP contribution in [-0.4, -0.2) is 40.4 Å². The second kappa shape index (κ2) is 8.62. The van der Waals surface area contributed by atoms with E-state index < -0.39 is 5.91 Å². The molecule has 0 radical (unpaired) electrons. The maximum atomic E-state index is 12.9. The molecule has 34 heavy (non-hydrogen) atoms. The van der Waals surface area contributed by atoms with Crippen molar-refractivity contribution in [2.75, 3.05) is 10.6 Å². The lowest BCUT2D eigenvalue weighted by Crippen LogP contribution is -2.15. The molecular formula is C23H21N9O2. The number of aromatic nitrogens is 7. The fourth-order valence-electron chi connectivity index (χ4n) is 3.38. The van der Waals surface area contributed by atoms with Gasteiger partial charge in [-0.3, -0.25) is 14.2 Å². The number of hydrogen-bond acceptors (Lipinski definition) is 8. The maximum absolute atomic E-state index is 12.9. The quantitative estimate of drug-likeness (QED) is 0.398. The number of carbonyl (C=O) groups excluding carboxylic acids is 1. The molecule has 2 N–H and O–H groups in total. The zero-order chi connectivity index (χ0) is 23.7. The highest BCUT2D eigenvalue weighted by atomic mass is 16.4. The van der Waals surface area contributed by atoms with E-state index >= 15 is 0 Å². The number of amides is 1. The van der Waals surface area contributed by atoms with Crippen molar-refractivity contribution in [1.82, 2.24) is 34.5 Å². The Morgan fingerprint density at radius 3 is 2.29 bits per heavy atom. The van der Waals surface area contributed by atoms with Gasteiger partial charge in [0.2, 0.25) is 5.95 Å². The van der Waals surface area contributed by atoms with Gasteiger partial charge in [0.25, 0.3) is 5.89 Å². The third-order valence-electron chi connectivity index (χ3n) is 5.18. The molecule has 5 rings (SSSR count). The van der Waals surface area contributed by atoms with Crippen molar-refractivity contribution in [3.05, 3.63) is 72.5 Å². The van der Waals surface area contributed by atoms with Gasteiger partial charge in [0.15, 0.2) is 5.76 Å². The number of nitrogens with one attached hydrogen (secondary N) is 2. The lowest BCUT2D eigenvalue weighted by Gasteiger charge is -2.08. The van der Waals surface area contributed by atoms with Crippen molar-refractivity contribution in [3.8, 4) is 22.7 Å². The predicted molar refractivity (Wildman–Crippen MR) is 125 cm³/mol. The largest absolute Gasteiger partial charge is 0.432 e. The monoisotopic (exact) mass is 455 g/mol. The fourth-order valence-corrected chi connectivity index (χ4v) is 3.38. The first kappa shape index (κ1) is 21.1. The summed E-state index contributed by atoms with van der Waals surface area (Å²) in [6.07, 6.45) is 4.96. The number of nitrogens with zero attached hydrogens (tertiary/aromatic N) is 7. The lowest BCUT2D eigenvalue weighted by molar-refractivity contribution is 0.0990. The van der Waals surface area contributed by atoms with Crippen molar-refractivity contribution < 1.29 is 9.21 Å². The fraction of sp³-hybridized carbons (Fsp3) is 0.130. The summed E-state index contributed by atoms with van der Waals surface area (Å²) in [4.78, 5) is 26.5. The van der Waals surface area contributed by atoms with Crippen LogP contribution in [-0.2, 0) is 14.1 Å². The molecule has 5 aromatic rings. The summed E-state index contributed by atoms with van der Waals surface area (Å²) < 4.78 is 9.20. The van der Waals surface area contributed by atoms with E-state index in [-0.39, 0.29) is 5.89 Å². The molecule has 0 atom stereocenters. The van der Waals surface area contributed by atoms with E-state index in [2.05, 4.69) is 35.8 Å². The minimum atomic E-state index is -0.494. The average molecular weight is 455 g/mol. The summed E-state index contributed by atoms with van der Waals surface area (Å²) >= 11 is 0. The number of anilines is 3. The number of rotatable bonds is 6. The number of aryl methyl sites for hydroxylation is 3. The van der Waals surface area contributed by atoms with E-state index in [1.165, 1.54) is 0 Å². The lowest BCUT2D eigenvalue weighted by atomic mass is 10.1. The summed E-state index contributed by atoms with van der Waals surface area (Å²) in [6.45, 7) is 1.88. The smallest absolute Gasteiger partial charge is 0.312 e. The number of carbonyl (C=O) groups is 1. The van der Waals surface area contributed by atoms with Crippen LogP contribution in [0.4, 0.5) is 17.6 Å². The molecular weight excluding hydrogens is 434 g/mol. The zero-order valence-corrected chi connectivity index (χ0v) is 18.7. The highest BCUT2D eigenvalue weighted by molar-refractivity contribution is 6.01. The Bertz CT molecular complexity index is 1470. The standard InChI is InChI=1S/C23H21N9O2/c1-14-13-24-23(28-17-10-12-26-32(17)3)30-18(14)19-20(15-7-5-4-6-8-15)34-22(29-19)21(33)27-16-9-11-25-31(16)2/h4-13H,1-3H3,(H,27,33)(H,24,28,30). The van der Waals surface area contributed by atoms with Crippen LogP contribution >= 0.6 is 0 Å². The zero-order valence-electron chi connectivity index (χ0n) is 18.7. The highest BCUT2D eigenvalue weighted by Crippen LogP contribution is 2.34. The molecule has 1 amide bonds. The van der Waals surface area contributed by atoms with Crippen LogP contribution in [0, 0.1) is 6.92 Å². The van der Waals surface area contributed by atoms with Crippen LogP contribution in [0.3, 0.4) is 0 Å². The van der Waals surface area contributed by atoms with Gasteiger partial charge >= 0.3 is 5.91 Å². The molecule has 0 unspecified atom stereocenters. The van der Waals surface area contributed by atoms with Crippen LogP contribution < -0.4 is 10.6 Å². The molecule has 0 saturated carbocycles. The van der Waals surface area contributed by atoms with E-state index in [9.17, 15) is 4.79 Å². The summed E-state index contributed by atoms with van der Waals surface area (Å²) in [6, 6.07) is 13.0. The highest BCUT2D eigenvalue weighted by Gasteiger charge is 2.24. The van der Waals surface area contributed by atoms with E-state index in [0.717, 1.165) is 16.9 Å². The van der Waals surface area contributed by atoms with Gasteiger partial charge < -0.3 is 15.1 Å². The Balaban J connectivity index is 1.57. The van der Waals surface area contributed by atoms with Crippen LogP contribution in [0.1, 0.15) is 16.2 Å². The van der Waals surface area contributed by atoms with Crippen molar-refractivity contribution >= 4 is 23.5 Å². The molecule has 4 aromatic heterocycles.